The Hall–Kier alpha value is -2.12. The van der Waals surface area contributed by atoms with Crippen molar-refractivity contribution < 1.29 is 38.9 Å². The van der Waals surface area contributed by atoms with Crippen LogP contribution >= 0.6 is 0 Å². The van der Waals surface area contributed by atoms with Gasteiger partial charge in [-0.3, -0.25) is 19.2 Å². The Labute approximate surface area is 122 Å². The average Bonchev–Trinajstić information content (AvgIpc) is 2.39. The van der Waals surface area contributed by atoms with E-state index in [-0.39, 0.29) is 37.5 Å². The van der Waals surface area contributed by atoms with E-state index < -0.39 is 11.9 Å². The second kappa shape index (κ2) is 10.6. The van der Waals surface area contributed by atoms with Gasteiger partial charge >= 0.3 is 23.9 Å². The highest BCUT2D eigenvalue weighted by Gasteiger charge is 2.14. The van der Waals surface area contributed by atoms with Crippen LogP contribution in [0.2, 0.25) is 0 Å². The van der Waals surface area contributed by atoms with E-state index in [9.17, 15) is 19.2 Å². The number of hydrogen-bond donors (Lipinski definition) is 2. The number of hydrogen-bond acceptors (Lipinski definition) is 6. The van der Waals surface area contributed by atoms with Gasteiger partial charge in [-0.1, -0.05) is 0 Å². The zero-order valence-electron chi connectivity index (χ0n) is 11.9. The highest BCUT2D eigenvalue weighted by atomic mass is 16.6. The number of carboxylic acids is 2. The zero-order valence-corrected chi connectivity index (χ0v) is 11.9. The summed E-state index contributed by atoms with van der Waals surface area (Å²) in [4.78, 5) is 41.3. The number of esters is 2. The van der Waals surface area contributed by atoms with E-state index in [2.05, 4.69) is 0 Å². The molecule has 0 aromatic rings. The lowest BCUT2D eigenvalue weighted by Crippen LogP contribution is -2.23. The molecule has 1 aliphatic heterocycles. The maximum atomic E-state index is 11.0. The number of carbonyl (C=O) groups is 4. The van der Waals surface area contributed by atoms with Crippen LogP contribution in [0.15, 0.2) is 0 Å². The number of ether oxygens (including phenoxy) is 2. The van der Waals surface area contributed by atoms with Gasteiger partial charge in [0.25, 0.3) is 0 Å². The van der Waals surface area contributed by atoms with E-state index in [1.807, 2.05) is 0 Å². The number of rotatable bonds is 3. The smallest absolute Gasteiger partial charge is 0.306 e. The molecule has 0 aromatic carbocycles. The first kappa shape index (κ1) is 18.9. The van der Waals surface area contributed by atoms with Crippen LogP contribution in [-0.2, 0) is 28.7 Å². The molecule has 8 heteroatoms. The molecule has 1 heterocycles. The van der Waals surface area contributed by atoms with Crippen LogP contribution in [0.3, 0.4) is 0 Å². The summed E-state index contributed by atoms with van der Waals surface area (Å²) in [5.74, 6) is -2.56. The number of cyclic esters (lactones) is 2. The lowest BCUT2D eigenvalue weighted by Gasteiger charge is -2.15. The molecule has 1 fully saturated rings. The van der Waals surface area contributed by atoms with Crippen molar-refractivity contribution in [3.8, 4) is 0 Å². The largest absolute Gasteiger partial charge is 0.481 e. The van der Waals surface area contributed by atoms with Gasteiger partial charge in [-0.05, 0) is 19.8 Å². The van der Waals surface area contributed by atoms with Gasteiger partial charge in [0.2, 0.25) is 0 Å². The van der Waals surface area contributed by atoms with Crippen molar-refractivity contribution in [3.63, 3.8) is 0 Å². The van der Waals surface area contributed by atoms with Crippen molar-refractivity contribution in [2.24, 2.45) is 0 Å². The van der Waals surface area contributed by atoms with Crippen molar-refractivity contribution in [1.82, 2.24) is 0 Å². The van der Waals surface area contributed by atoms with Gasteiger partial charge in [0.05, 0.1) is 12.8 Å². The standard InChI is InChI=1S/C9H14O4.C4H6O4/c1-7-6-12-8(10)4-2-3-5-9(11)13-7;5-3(6)1-2-4(7)8/h7H,2-6H2,1H3;1-2H2,(H,5,6)(H,7,8). The van der Waals surface area contributed by atoms with E-state index in [0.717, 1.165) is 0 Å². The predicted octanol–water partition coefficient (Wildman–Crippen LogP) is 0.971. The van der Waals surface area contributed by atoms with Crippen molar-refractivity contribution in [2.75, 3.05) is 6.61 Å². The van der Waals surface area contributed by atoms with Gasteiger partial charge in [-0.25, -0.2) is 0 Å². The molecule has 0 radical (unpaired) electrons. The minimum absolute atomic E-state index is 0.171. The lowest BCUT2D eigenvalue weighted by atomic mass is 10.2. The molecular formula is C13H20O8. The van der Waals surface area contributed by atoms with Crippen LogP contribution in [0.5, 0.6) is 0 Å². The number of aliphatic carboxylic acids is 2. The summed E-state index contributed by atoms with van der Waals surface area (Å²) in [5.41, 5.74) is 0. The van der Waals surface area contributed by atoms with Crippen LogP contribution in [0, 0.1) is 0 Å². The Kier molecular flexibility index (Phi) is 9.57. The molecule has 0 aliphatic carbocycles. The third-order valence-corrected chi connectivity index (χ3v) is 2.38. The lowest BCUT2D eigenvalue weighted by molar-refractivity contribution is -0.159. The molecule has 0 aromatic heterocycles. The van der Waals surface area contributed by atoms with E-state index >= 15 is 0 Å². The molecule has 21 heavy (non-hydrogen) atoms. The number of carboxylic acid groups (broad SMARTS) is 2. The third-order valence-electron chi connectivity index (χ3n) is 2.38. The maximum Gasteiger partial charge on any atom is 0.306 e. The Morgan fingerprint density at radius 3 is 2.00 bits per heavy atom. The second-order valence-electron chi connectivity index (χ2n) is 4.48. The van der Waals surface area contributed by atoms with Crippen LogP contribution in [0.1, 0.15) is 45.4 Å². The van der Waals surface area contributed by atoms with Crippen molar-refractivity contribution >= 4 is 23.9 Å². The Bertz CT molecular complexity index is 362. The van der Waals surface area contributed by atoms with Crippen molar-refractivity contribution in [1.29, 1.82) is 0 Å². The summed E-state index contributed by atoms with van der Waals surface area (Å²) in [6.07, 6.45) is 1.28. The summed E-state index contributed by atoms with van der Waals surface area (Å²) in [7, 11) is 0. The van der Waals surface area contributed by atoms with E-state index in [1.54, 1.807) is 6.92 Å². The second-order valence-corrected chi connectivity index (χ2v) is 4.48. The molecule has 8 nitrogen and oxygen atoms in total. The molecule has 0 amide bonds. The summed E-state index contributed by atoms with van der Waals surface area (Å²) in [6, 6.07) is 0. The van der Waals surface area contributed by atoms with Crippen LogP contribution < -0.4 is 0 Å². The van der Waals surface area contributed by atoms with E-state index in [4.69, 9.17) is 19.7 Å². The maximum absolute atomic E-state index is 11.0. The minimum Gasteiger partial charge on any atom is -0.481 e. The molecule has 2 N–H and O–H groups in total. The fourth-order valence-corrected chi connectivity index (χ4v) is 1.35. The molecule has 1 unspecified atom stereocenters. The molecule has 1 rings (SSSR count). The first-order chi connectivity index (χ1) is 9.81. The Balaban J connectivity index is 0.000000433. The molecule has 0 saturated carbocycles. The van der Waals surface area contributed by atoms with Gasteiger partial charge in [0, 0.05) is 12.8 Å². The summed E-state index contributed by atoms with van der Waals surface area (Å²) < 4.78 is 9.82. The highest BCUT2D eigenvalue weighted by molar-refractivity contribution is 5.75. The molecule has 1 saturated heterocycles. The number of carbonyl (C=O) groups excluding carboxylic acids is 2. The molecule has 0 bridgehead atoms. The monoisotopic (exact) mass is 304 g/mol. The first-order valence-corrected chi connectivity index (χ1v) is 6.60. The molecule has 0 spiro atoms. The van der Waals surface area contributed by atoms with Gasteiger partial charge in [-0.15, -0.1) is 0 Å². The molecule has 120 valence electrons. The van der Waals surface area contributed by atoms with Crippen molar-refractivity contribution in [2.45, 2.75) is 51.6 Å². The quantitative estimate of drug-likeness (QED) is 0.738. The Morgan fingerprint density at radius 2 is 1.52 bits per heavy atom. The van der Waals surface area contributed by atoms with E-state index in [1.165, 1.54) is 0 Å². The average molecular weight is 304 g/mol. The topological polar surface area (TPSA) is 127 Å². The fraction of sp³-hybridized carbons (Fsp3) is 0.692. The van der Waals surface area contributed by atoms with Gasteiger partial charge < -0.3 is 19.7 Å². The predicted molar refractivity (Wildman–Crippen MR) is 69.5 cm³/mol. The minimum atomic E-state index is -1.08. The summed E-state index contributed by atoms with van der Waals surface area (Å²) in [6.45, 7) is 1.89. The van der Waals surface area contributed by atoms with Gasteiger partial charge in [-0.2, -0.15) is 0 Å². The normalized spacial score (nSPS) is 19.4. The van der Waals surface area contributed by atoms with Crippen molar-refractivity contribution in [3.05, 3.63) is 0 Å². The van der Waals surface area contributed by atoms with Crippen LogP contribution in [-0.4, -0.2) is 46.8 Å². The van der Waals surface area contributed by atoms with E-state index in [0.29, 0.717) is 25.7 Å². The summed E-state index contributed by atoms with van der Waals surface area (Å²) in [5, 5.41) is 15.8. The molecule has 1 atom stereocenters. The Morgan fingerprint density at radius 1 is 1.05 bits per heavy atom. The zero-order chi connectivity index (χ0) is 16.3. The van der Waals surface area contributed by atoms with Crippen LogP contribution in [0.4, 0.5) is 0 Å². The fourth-order valence-electron chi connectivity index (χ4n) is 1.35. The summed E-state index contributed by atoms with van der Waals surface area (Å²) >= 11 is 0. The first-order valence-electron chi connectivity index (χ1n) is 6.60. The molecular weight excluding hydrogens is 284 g/mol. The van der Waals surface area contributed by atoms with Gasteiger partial charge in [0.15, 0.2) is 0 Å². The molecule has 1 aliphatic rings. The van der Waals surface area contributed by atoms with Gasteiger partial charge in [0.1, 0.15) is 12.7 Å². The third kappa shape index (κ3) is 12.6. The SMILES string of the molecule is CC1COC(=O)CCCCC(=O)O1.O=C(O)CCC(=O)O. The van der Waals surface area contributed by atoms with Crippen LogP contribution in [0.25, 0.3) is 0 Å². The highest BCUT2D eigenvalue weighted by Crippen LogP contribution is 2.07.